The smallest absolute Gasteiger partial charge is 0.160 e. The average molecular weight is 204 g/mol. The normalized spacial score (nSPS) is 15.8. The maximum Gasteiger partial charge on any atom is 0.160 e. The Morgan fingerprint density at radius 3 is 2.80 bits per heavy atom. The van der Waals surface area contributed by atoms with Crippen molar-refractivity contribution in [1.29, 1.82) is 0 Å². The lowest BCUT2D eigenvalue weighted by Gasteiger charge is -2.18. The highest BCUT2D eigenvalue weighted by molar-refractivity contribution is 5.95. The van der Waals surface area contributed by atoms with Gasteiger partial charge in [-0.15, -0.1) is 0 Å². The topological polar surface area (TPSA) is 68.2 Å². The molecule has 5 heteroatoms. The largest absolute Gasteiger partial charge is 0.397 e. The lowest BCUT2D eigenvalue weighted by molar-refractivity contribution is 0.315. The first-order valence-corrected chi connectivity index (χ1v) is 5.01. The summed E-state index contributed by atoms with van der Waals surface area (Å²) < 4.78 is 4.73. The molecule has 3 rings (SSSR count). The summed E-state index contributed by atoms with van der Waals surface area (Å²) in [7, 11) is 2.07. The lowest BCUT2D eigenvalue weighted by atomic mass is 10.2. The van der Waals surface area contributed by atoms with E-state index in [9.17, 15) is 0 Å². The van der Waals surface area contributed by atoms with E-state index in [1.807, 2.05) is 12.1 Å². The highest BCUT2D eigenvalue weighted by atomic mass is 16.6. The summed E-state index contributed by atoms with van der Waals surface area (Å²) in [6.07, 6.45) is 2.49. The molecule has 2 N–H and O–H groups in total. The van der Waals surface area contributed by atoms with Gasteiger partial charge in [-0.3, -0.25) is 0 Å². The zero-order valence-electron chi connectivity index (χ0n) is 8.47. The van der Waals surface area contributed by atoms with Crippen molar-refractivity contribution in [3.63, 3.8) is 0 Å². The van der Waals surface area contributed by atoms with Crippen LogP contribution >= 0.6 is 0 Å². The zero-order chi connectivity index (χ0) is 10.4. The molecule has 78 valence electrons. The molecule has 15 heavy (non-hydrogen) atoms. The average Bonchev–Trinajstić information content (AvgIpc) is 2.96. The monoisotopic (exact) mass is 204 g/mol. The van der Waals surface area contributed by atoms with Gasteiger partial charge >= 0.3 is 0 Å². The first kappa shape index (κ1) is 8.52. The van der Waals surface area contributed by atoms with Gasteiger partial charge in [-0.2, -0.15) is 0 Å². The van der Waals surface area contributed by atoms with E-state index in [2.05, 4.69) is 22.3 Å². The van der Waals surface area contributed by atoms with E-state index in [1.54, 1.807) is 0 Å². The summed E-state index contributed by atoms with van der Waals surface area (Å²) in [4.78, 5) is 2.21. The molecule has 1 fully saturated rings. The van der Waals surface area contributed by atoms with Crippen LogP contribution in [0.15, 0.2) is 16.8 Å². The fourth-order valence-corrected chi connectivity index (χ4v) is 1.82. The van der Waals surface area contributed by atoms with E-state index >= 15 is 0 Å². The third-order valence-electron chi connectivity index (χ3n) is 2.90. The molecule has 0 amide bonds. The molecule has 0 bridgehead atoms. The predicted molar refractivity (Wildman–Crippen MR) is 57.6 cm³/mol. The van der Waals surface area contributed by atoms with Crippen molar-refractivity contribution in [2.24, 2.45) is 0 Å². The molecule has 0 saturated heterocycles. The Hall–Kier alpha value is -1.78. The second-order valence-electron chi connectivity index (χ2n) is 3.98. The van der Waals surface area contributed by atoms with Gasteiger partial charge in [-0.1, -0.05) is 0 Å². The van der Waals surface area contributed by atoms with Gasteiger partial charge in [0.2, 0.25) is 0 Å². The Balaban J connectivity index is 2.17. The van der Waals surface area contributed by atoms with Crippen molar-refractivity contribution >= 4 is 22.4 Å². The minimum atomic E-state index is 0.610. The molecule has 2 aromatic rings. The highest BCUT2D eigenvalue weighted by Gasteiger charge is 2.28. The second kappa shape index (κ2) is 2.85. The Morgan fingerprint density at radius 1 is 1.33 bits per heavy atom. The summed E-state index contributed by atoms with van der Waals surface area (Å²) in [5, 5.41) is 7.71. The Morgan fingerprint density at radius 2 is 2.07 bits per heavy atom. The van der Waals surface area contributed by atoms with Crippen LogP contribution in [0.25, 0.3) is 11.0 Å². The summed E-state index contributed by atoms with van der Waals surface area (Å²) in [5.74, 6) is 0. The number of nitrogens with zero attached hydrogens (tertiary/aromatic N) is 3. The number of fused-ring (bicyclic) bond motifs is 1. The number of hydrogen-bond donors (Lipinski definition) is 1. The first-order chi connectivity index (χ1) is 7.27. The molecule has 1 heterocycles. The summed E-state index contributed by atoms with van der Waals surface area (Å²) >= 11 is 0. The molecule has 0 atom stereocenters. The predicted octanol–water partition coefficient (Wildman–Crippen LogP) is 1.40. The van der Waals surface area contributed by atoms with Gasteiger partial charge in [-0.25, -0.2) is 4.63 Å². The van der Waals surface area contributed by atoms with Crippen LogP contribution in [0.4, 0.5) is 11.4 Å². The number of rotatable bonds is 2. The van der Waals surface area contributed by atoms with Crippen LogP contribution in [-0.4, -0.2) is 23.4 Å². The summed E-state index contributed by atoms with van der Waals surface area (Å²) in [6.45, 7) is 0. The standard InChI is InChI=1S/C10H12N4O/c1-14(6-2-3-6)8-5-4-7(11)9-10(8)13-15-12-9/h4-6H,2-3,11H2,1H3. The molecule has 0 unspecified atom stereocenters. The van der Waals surface area contributed by atoms with Crippen molar-refractivity contribution in [1.82, 2.24) is 10.3 Å². The fourth-order valence-electron chi connectivity index (χ4n) is 1.82. The van der Waals surface area contributed by atoms with E-state index in [0.29, 0.717) is 17.2 Å². The van der Waals surface area contributed by atoms with E-state index in [1.165, 1.54) is 12.8 Å². The Bertz CT molecular complexity index is 503. The van der Waals surface area contributed by atoms with Gasteiger partial charge in [0.05, 0.1) is 11.4 Å². The number of hydrogen-bond acceptors (Lipinski definition) is 5. The Labute approximate surface area is 86.8 Å². The summed E-state index contributed by atoms with van der Waals surface area (Å²) in [5.41, 5.74) is 8.84. The van der Waals surface area contributed by atoms with E-state index in [0.717, 1.165) is 11.2 Å². The number of anilines is 2. The third kappa shape index (κ3) is 1.23. The first-order valence-electron chi connectivity index (χ1n) is 5.01. The lowest BCUT2D eigenvalue weighted by Crippen LogP contribution is -2.19. The van der Waals surface area contributed by atoms with Gasteiger partial charge in [0.15, 0.2) is 11.0 Å². The zero-order valence-corrected chi connectivity index (χ0v) is 8.47. The number of nitrogen functional groups attached to an aromatic ring is 1. The molecule has 1 aliphatic carbocycles. The van der Waals surface area contributed by atoms with E-state index < -0.39 is 0 Å². The molecule has 5 nitrogen and oxygen atoms in total. The minimum Gasteiger partial charge on any atom is -0.397 e. The third-order valence-corrected chi connectivity index (χ3v) is 2.90. The maximum atomic E-state index is 5.78. The van der Waals surface area contributed by atoms with Crippen LogP contribution in [0.5, 0.6) is 0 Å². The molecule has 1 aromatic carbocycles. The fraction of sp³-hybridized carbons (Fsp3) is 0.400. The van der Waals surface area contributed by atoms with Crippen LogP contribution < -0.4 is 10.6 Å². The van der Waals surface area contributed by atoms with Crippen molar-refractivity contribution in [2.45, 2.75) is 18.9 Å². The van der Waals surface area contributed by atoms with Crippen LogP contribution in [0.1, 0.15) is 12.8 Å². The van der Waals surface area contributed by atoms with Crippen molar-refractivity contribution < 1.29 is 4.63 Å². The molecule has 0 radical (unpaired) electrons. The molecule has 0 spiro atoms. The van der Waals surface area contributed by atoms with Gasteiger partial charge in [0.1, 0.15) is 0 Å². The van der Waals surface area contributed by atoms with Gasteiger partial charge in [-0.05, 0) is 35.3 Å². The van der Waals surface area contributed by atoms with Crippen LogP contribution in [0.2, 0.25) is 0 Å². The highest BCUT2D eigenvalue weighted by Crippen LogP contribution is 2.34. The molecule has 1 aromatic heterocycles. The van der Waals surface area contributed by atoms with Crippen molar-refractivity contribution in [3.8, 4) is 0 Å². The Kier molecular flexibility index (Phi) is 1.62. The van der Waals surface area contributed by atoms with Crippen LogP contribution in [0, 0.1) is 0 Å². The summed E-state index contributed by atoms with van der Waals surface area (Å²) in [6, 6.07) is 4.45. The maximum absolute atomic E-state index is 5.78. The minimum absolute atomic E-state index is 0.610. The van der Waals surface area contributed by atoms with Crippen molar-refractivity contribution in [3.05, 3.63) is 12.1 Å². The van der Waals surface area contributed by atoms with Crippen LogP contribution in [-0.2, 0) is 0 Å². The van der Waals surface area contributed by atoms with Crippen LogP contribution in [0.3, 0.4) is 0 Å². The number of nitrogens with two attached hydrogens (primary N) is 1. The van der Waals surface area contributed by atoms with Crippen molar-refractivity contribution in [2.75, 3.05) is 17.7 Å². The molecule has 0 aliphatic heterocycles. The van der Waals surface area contributed by atoms with Gasteiger partial charge in [0.25, 0.3) is 0 Å². The van der Waals surface area contributed by atoms with Gasteiger partial charge in [0, 0.05) is 13.1 Å². The quantitative estimate of drug-likeness (QED) is 0.749. The van der Waals surface area contributed by atoms with E-state index in [4.69, 9.17) is 10.4 Å². The second-order valence-corrected chi connectivity index (χ2v) is 3.98. The molecular formula is C10H12N4O. The molecular weight excluding hydrogens is 192 g/mol. The van der Waals surface area contributed by atoms with Gasteiger partial charge < -0.3 is 10.6 Å². The van der Waals surface area contributed by atoms with E-state index in [-0.39, 0.29) is 0 Å². The SMILES string of the molecule is CN(c1ccc(N)c2nonc12)C1CC1. The molecule has 1 aliphatic rings. The number of benzene rings is 1. The number of aromatic nitrogens is 2. The molecule has 1 saturated carbocycles.